The molecule has 8 heteroatoms. The SMILES string of the molecule is CCCOc1ccc(Cl)cc1C(=O)N1C[C@@H](OC)C[C@@H]1c1nc(C)no1. The fraction of sp³-hybridized carbons (Fsp3) is 0.500. The first-order chi connectivity index (χ1) is 12.5. The number of methoxy groups -OCH3 is 1. The van der Waals surface area contributed by atoms with Gasteiger partial charge in [0.05, 0.1) is 18.3 Å². The molecule has 0 aliphatic carbocycles. The molecule has 0 spiro atoms. The van der Waals surface area contributed by atoms with E-state index in [9.17, 15) is 4.79 Å². The number of rotatable bonds is 6. The third kappa shape index (κ3) is 3.83. The van der Waals surface area contributed by atoms with Gasteiger partial charge in [0.15, 0.2) is 5.82 Å². The van der Waals surface area contributed by atoms with Crippen LogP contribution in [0.2, 0.25) is 5.02 Å². The van der Waals surface area contributed by atoms with Crippen molar-refractivity contribution >= 4 is 17.5 Å². The molecule has 0 N–H and O–H groups in total. The van der Waals surface area contributed by atoms with Gasteiger partial charge < -0.3 is 18.9 Å². The van der Waals surface area contributed by atoms with E-state index in [0.717, 1.165) is 6.42 Å². The Kier molecular flexibility index (Phi) is 5.78. The van der Waals surface area contributed by atoms with Crippen LogP contribution in [0.15, 0.2) is 22.7 Å². The molecule has 0 radical (unpaired) electrons. The van der Waals surface area contributed by atoms with Crippen molar-refractivity contribution in [2.45, 2.75) is 38.8 Å². The highest BCUT2D eigenvalue weighted by atomic mass is 35.5. The molecule has 0 saturated carbocycles. The number of nitrogens with zero attached hydrogens (tertiary/aromatic N) is 3. The number of carbonyl (C=O) groups excluding carboxylic acids is 1. The van der Waals surface area contributed by atoms with Crippen molar-refractivity contribution < 1.29 is 18.8 Å². The first-order valence-corrected chi connectivity index (χ1v) is 8.97. The van der Waals surface area contributed by atoms with Gasteiger partial charge in [-0.2, -0.15) is 4.98 Å². The van der Waals surface area contributed by atoms with Crippen LogP contribution in [0.25, 0.3) is 0 Å². The summed E-state index contributed by atoms with van der Waals surface area (Å²) in [5.41, 5.74) is 0.420. The molecule has 26 heavy (non-hydrogen) atoms. The monoisotopic (exact) mass is 379 g/mol. The van der Waals surface area contributed by atoms with Crippen LogP contribution in [-0.2, 0) is 4.74 Å². The number of aryl methyl sites for hydroxylation is 1. The van der Waals surface area contributed by atoms with E-state index in [1.807, 2.05) is 6.92 Å². The van der Waals surface area contributed by atoms with Crippen LogP contribution in [0, 0.1) is 6.92 Å². The molecule has 0 unspecified atom stereocenters. The number of aromatic nitrogens is 2. The number of ether oxygens (including phenoxy) is 2. The van der Waals surface area contributed by atoms with E-state index >= 15 is 0 Å². The van der Waals surface area contributed by atoms with Gasteiger partial charge in [-0.15, -0.1) is 0 Å². The van der Waals surface area contributed by atoms with Gasteiger partial charge in [-0.1, -0.05) is 23.7 Å². The highest BCUT2D eigenvalue weighted by Gasteiger charge is 2.40. The Labute approximate surface area is 157 Å². The summed E-state index contributed by atoms with van der Waals surface area (Å²) in [6.45, 7) is 4.71. The summed E-state index contributed by atoms with van der Waals surface area (Å²) < 4.78 is 16.5. The first kappa shape index (κ1) is 18.7. The number of halogens is 1. The second-order valence-corrected chi connectivity index (χ2v) is 6.67. The standard InChI is InChI=1S/C18H22ClN3O4/c1-4-7-25-16-6-5-12(19)8-14(16)18(23)22-10-13(24-3)9-15(22)17-20-11(2)21-26-17/h5-6,8,13,15H,4,7,9-10H2,1-3H3/t13-,15+/m0/s1. The Morgan fingerprint density at radius 2 is 2.27 bits per heavy atom. The van der Waals surface area contributed by atoms with Crippen LogP contribution >= 0.6 is 11.6 Å². The quantitative estimate of drug-likeness (QED) is 0.765. The molecular weight excluding hydrogens is 358 g/mol. The Morgan fingerprint density at radius 3 is 2.92 bits per heavy atom. The highest BCUT2D eigenvalue weighted by Crippen LogP contribution is 2.35. The number of likely N-dealkylation sites (tertiary alicyclic amines) is 1. The van der Waals surface area contributed by atoms with Crippen molar-refractivity contribution in [2.24, 2.45) is 0 Å². The number of amides is 1. The minimum Gasteiger partial charge on any atom is -0.493 e. The lowest BCUT2D eigenvalue weighted by molar-refractivity contribution is 0.0666. The molecule has 2 aromatic rings. The van der Waals surface area contributed by atoms with E-state index in [4.69, 9.17) is 25.6 Å². The summed E-state index contributed by atoms with van der Waals surface area (Å²) in [7, 11) is 1.63. The van der Waals surface area contributed by atoms with Crippen LogP contribution < -0.4 is 4.74 Å². The van der Waals surface area contributed by atoms with E-state index in [0.29, 0.717) is 47.6 Å². The lowest BCUT2D eigenvalue weighted by Crippen LogP contribution is -2.32. The largest absolute Gasteiger partial charge is 0.493 e. The zero-order valence-electron chi connectivity index (χ0n) is 15.1. The maximum absolute atomic E-state index is 13.3. The van der Waals surface area contributed by atoms with E-state index in [2.05, 4.69) is 10.1 Å². The van der Waals surface area contributed by atoms with Crippen LogP contribution in [-0.4, -0.2) is 47.3 Å². The van der Waals surface area contributed by atoms with Crippen molar-refractivity contribution in [3.05, 3.63) is 40.5 Å². The van der Waals surface area contributed by atoms with Crippen molar-refractivity contribution in [3.63, 3.8) is 0 Å². The zero-order valence-corrected chi connectivity index (χ0v) is 15.8. The van der Waals surface area contributed by atoms with Crippen molar-refractivity contribution in [1.29, 1.82) is 0 Å². The third-order valence-corrected chi connectivity index (χ3v) is 4.55. The van der Waals surface area contributed by atoms with Gasteiger partial charge in [0.2, 0.25) is 5.89 Å². The predicted octanol–water partition coefficient (Wildman–Crippen LogP) is 3.42. The molecule has 3 rings (SSSR count). The minimum atomic E-state index is -0.341. The van der Waals surface area contributed by atoms with Crippen LogP contribution in [0.5, 0.6) is 5.75 Å². The second-order valence-electron chi connectivity index (χ2n) is 6.24. The topological polar surface area (TPSA) is 77.7 Å². The Balaban J connectivity index is 1.93. The molecule has 1 amide bonds. The van der Waals surface area contributed by atoms with Crippen LogP contribution in [0.4, 0.5) is 0 Å². The number of hydrogen-bond donors (Lipinski definition) is 0. The number of hydrogen-bond acceptors (Lipinski definition) is 6. The minimum absolute atomic E-state index is 0.102. The number of carbonyl (C=O) groups is 1. The molecular formula is C18H22ClN3O4. The molecule has 1 fully saturated rings. The van der Waals surface area contributed by atoms with Crippen molar-refractivity contribution in [1.82, 2.24) is 15.0 Å². The summed E-state index contributed by atoms with van der Waals surface area (Å²) in [4.78, 5) is 19.3. The summed E-state index contributed by atoms with van der Waals surface area (Å²) in [6.07, 6.45) is 1.33. The van der Waals surface area contributed by atoms with E-state index in [1.165, 1.54) is 0 Å². The zero-order chi connectivity index (χ0) is 18.7. The van der Waals surface area contributed by atoms with Gasteiger partial charge >= 0.3 is 0 Å². The lowest BCUT2D eigenvalue weighted by Gasteiger charge is -2.23. The Hall–Kier alpha value is -2.12. The Morgan fingerprint density at radius 1 is 1.46 bits per heavy atom. The molecule has 1 saturated heterocycles. The Bertz CT molecular complexity index is 780. The van der Waals surface area contributed by atoms with Crippen molar-refractivity contribution in [2.75, 3.05) is 20.3 Å². The molecule has 7 nitrogen and oxygen atoms in total. The molecule has 1 aliphatic heterocycles. The second kappa shape index (κ2) is 8.05. The van der Waals surface area contributed by atoms with E-state index < -0.39 is 0 Å². The highest BCUT2D eigenvalue weighted by molar-refractivity contribution is 6.31. The van der Waals surface area contributed by atoms with Crippen LogP contribution in [0.3, 0.4) is 0 Å². The lowest BCUT2D eigenvalue weighted by atomic mass is 10.1. The average Bonchev–Trinajstić information content (AvgIpc) is 3.26. The maximum Gasteiger partial charge on any atom is 0.258 e. The smallest absolute Gasteiger partial charge is 0.258 e. The summed E-state index contributed by atoms with van der Waals surface area (Å²) >= 11 is 6.12. The summed E-state index contributed by atoms with van der Waals surface area (Å²) in [5, 5.41) is 4.32. The molecule has 1 aliphatic rings. The molecule has 2 atom stereocenters. The molecule has 0 bridgehead atoms. The molecule has 2 heterocycles. The van der Waals surface area contributed by atoms with Gasteiger partial charge in [-0.05, 0) is 31.5 Å². The molecule has 140 valence electrons. The van der Waals surface area contributed by atoms with Crippen molar-refractivity contribution in [3.8, 4) is 5.75 Å². The van der Waals surface area contributed by atoms with E-state index in [1.54, 1.807) is 37.1 Å². The van der Waals surface area contributed by atoms with Crippen LogP contribution in [0.1, 0.15) is 47.9 Å². The fourth-order valence-corrected chi connectivity index (χ4v) is 3.21. The molecule has 1 aromatic carbocycles. The average molecular weight is 380 g/mol. The first-order valence-electron chi connectivity index (χ1n) is 8.59. The van der Waals surface area contributed by atoms with Gasteiger partial charge in [-0.25, -0.2) is 0 Å². The van der Waals surface area contributed by atoms with Gasteiger partial charge in [0.1, 0.15) is 11.8 Å². The van der Waals surface area contributed by atoms with E-state index in [-0.39, 0.29) is 18.1 Å². The van der Waals surface area contributed by atoms with Gasteiger partial charge in [0.25, 0.3) is 5.91 Å². The van der Waals surface area contributed by atoms with Gasteiger partial charge in [0, 0.05) is 25.1 Å². The summed E-state index contributed by atoms with van der Waals surface area (Å²) in [5.74, 6) is 1.26. The maximum atomic E-state index is 13.3. The van der Waals surface area contributed by atoms with Gasteiger partial charge in [-0.3, -0.25) is 4.79 Å². The summed E-state index contributed by atoms with van der Waals surface area (Å²) in [6, 6.07) is 4.72. The normalized spacial score (nSPS) is 19.8. The molecule has 1 aromatic heterocycles. The fourth-order valence-electron chi connectivity index (χ4n) is 3.04. The third-order valence-electron chi connectivity index (χ3n) is 4.32. The predicted molar refractivity (Wildman–Crippen MR) is 95.5 cm³/mol. The number of benzene rings is 1.